The van der Waals surface area contributed by atoms with Crippen molar-refractivity contribution in [2.45, 2.75) is 19.3 Å². The van der Waals surface area contributed by atoms with E-state index in [4.69, 9.17) is 0 Å². The minimum Gasteiger partial charge on any atom is -0.372 e. The van der Waals surface area contributed by atoms with E-state index in [9.17, 15) is 4.79 Å². The number of anilines is 1. The molecule has 0 aliphatic carbocycles. The highest BCUT2D eigenvalue weighted by Crippen LogP contribution is 2.19. The van der Waals surface area contributed by atoms with Gasteiger partial charge in [0.25, 0.3) is 5.91 Å². The average Bonchev–Trinajstić information content (AvgIpc) is 2.49. The summed E-state index contributed by atoms with van der Waals surface area (Å²) < 4.78 is 0. The number of piperidine rings is 1. The Morgan fingerprint density at radius 2 is 2.20 bits per heavy atom. The first-order valence-corrected chi connectivity index (χ1v) is 7.30. The number of likely N-dealkylation sites (tertiary alicyclic amines) is 1. The highest BCUT2D eigenvalue weighted by atomic mass is 16.1. The largest absolute Gasteiger partial charge is 0.372 e. The Morgan fingerprint density at radius 3 is 2.90 bits per heavy atom. The molecule has 1 aromatic heterocycles. The van der Waals surface area contributed by atoms with Gasteiger partial charge in [-0.3, -0.25) is 4.79 Å². The lowest BCUT2D eigenvalue weighted by Crippen LogP contribution is -2.32. The van der Waals surface area contributed by atoms with Gasteiger partial charge in [-0.25, -0.2) is 4.98 Å². The van der Waals surface area contributed by atoms with Gasteiger partial charge in [0.15, 0.2) is 0 Å². The lowest BCUT2D eigenvalue weighted by molar-refractivity contribution is 0.0949. The van der Waals surface area contributed by atoms with Gasteiger partial charge in [-0.15, -0.1) is 0 Å². The third-order valence-corrected chi connectivity index (χ3v) is 3.97. The molecule has 0 aromatic carbocycles. The summed E-state index contributed by atoms with van der Waals surface area (Å²) in [6.07, 6.45) is 5.22. The zero-order chi connectivity index (χ0) is 14.4. The second-order valence-corrected chi connectivity index (χ2v) is 5.44. The van der Waals surface area contributed by atoms with Crippen molar-refractivity contribution in [3.8, 4) is 0 Å². The van der Waals surface area contributed by atoms with Crippen molar-refractivity contribution in [3.05, 3.63) is 23.9 Å². The van der Waals surface area contributed by atoms with E-state index in [0.29, 0.717) is 11.4 Å². The Labute approximate surface area is 120 Å². The van der Waals surface area contributed by atoms with Gasteiger partial charge in [0, 0.05) is 19.8 Å². The van der Waals surface area contributed by atoms with Gasteiger partial charge in [0.2, 0.25) is 0 Å². The van der Waals surface area contributed by atoms with Crippen LogP contribution < -0.4 is 10.6 Å². The Morgan fingerprint density at radius 1 is 1.45 bits per heavy atom. The summed E-state index contributed by atoms with van der Waals surface area (Å²) in [7, 11) is 3.94. The third-order valence-electron chi connectivity index (χ3n) is 3.97. The number of carbonyl (C=O) groups excluding carboxylic acids is 1. The Kier molecular flexibility index (Phi) is 5.35. The summed E-state index contributed by atoms with van der Waals surface area (Å²) in [6.45, 7) is 3.08. The highest BCUT2D eigenvalue weighted by molar-refractivity contribution is 5.98. The molecule has 1 fully saturated rings. The van der Waals surface area contributed by atoms with E-state index < -0.39 is 0 Å². The van der Waals surface area contributed by atoms with Crippen molar-refractivity contribution < 1.29 is 4.79 Å². The number of rotatable bonds is 5. The van der Waals surface area contributed by atoms with Crippen LogP contribution in [0.2, 0.25) is 0 Å². The van der Waals surface area contributed by atoms with Crippen molar-refractivity contribution in [2.75, 3.05) is 39.0 Å². The van der Waals surface area contributed by atoms with E-state index in [1.54, 1.807) is 25.4 Å². The molecule has 0 radical (unpaired) electrons. The molecule has 0 atom stereocenters. The summed E-state index contributed by atoms with van der Waals surface area (Å²) in [5.41, 5.74) is 0.610. The van der Waals surface area contributed by atoms with Crippen molar-refractivity contribution in [3.63, 3.8) is 0 Å². The van der Waals surface area contributed by atoms with Gasteiger partial charge in [-0.1, -0.05) is 0 Å². The maximum atomic E-state index is 12.1. The number of aromatic nitrogens is 1. The quantitative estimate of drug-likeness (QED) is 0.857. The van der Waals surface area contributed by atoms with Crippen molar-refractivity contribution in [2.24, 2.45) is 5.92 Å². The molecular formula is C15H24N4O. The Balaban J connectivity index is 1.78. The zero-order valence-electron chi connectivity index (χ0n) is 12.4. The number of carbonyl (C=O) groups is 1. The van der Waals surface area contributed by atoms with Gasteiger partial charge in [0.05, 0.1) is 5.56 Å². The van der Waals surface area contributed by atoms with E-state index in [1.807, 2.05) is 0 Å². The molecule has 110 valence electrons. The van der Waals surface area contributed by atoms with Crippen LogP contribution in [0.1, 0.15) is 29.6 Å². The number of hydrogen-bond donors (Lipinski definition) is 2. The normalized spacial score (nSPS) is 16.9. The lowest BCUT2D eigenvalue weighted by atomic mass is 9.94. The minimum absolute atomic E-state index is 0.0459. The van der Waals surface area contributed by atoms with Crippen LogP contribution in [-0.4, -0.2) is 49.5 Å². The van der Waals surface area contributed by atoms with Gasteiger partial charge in [-0.05, 0) is 57.5 Å². The zero-order valence-corrected chi connectivity index (χ0v) is 12.4. The first kappa shape index (κ1) is 14.8. The Bertz CT molecular complexity index is 441. The summed E-state index contributed by atoms with van der Waals surface area (Å²) >= 11 is 0. The second kappa shape index (κ2) is 7.24. The molecule has 2 N–H and O–H groups in total. The van der Waals surface area contributed by atoms with Crippen molar-refractivity contribution in [1.29, 1.82) is 0 Å². The standard InChI is InChI=1S/C15H24N4O/c1-16-14-13(4-3-8-17-14)15(20)18-9-5-12-6-10-19(2)11-7-12/h3-4,8,12H,5-7,9-11H2,1-2H3,(H,16,17)(H,18,20). The minimum atomic E-state index is -0.0459. The van der Waals surface area contributed by atoms with E-state index in [1.165, 1.54) is 25.9 Å². The fourth-order valence-corrected chi connectivity index (χ4v) is 2.62. The summed E-state index contributed by atoms with van der Waals surface area (Å²) in [6, 6.07) is 3.58. The van der Waals surface area contributed by atoms with Gasteiger partial charge in [0.1, 0.15) is 5.82 Å². The van der Waals surface area contributed by atoms with Crippen LogP contribution in [0.5, 0.6) is 0 Å². The van der Waals surface area contributed by atoms with E-state index in [-0.39, 0.29) is 5.91 Å². The molecule has 1 saturated heterocycles. The molecule has 0 unspecified atom stereocenters. The molecule has 5 nitrogen and oxygen atoms in total. The van der Waals surface area contributed by atoms with Crippen LogP contribution in [0, 0.1) is 5.92 Å². The van der Waals surface area contributed by atoms with E-state index >= 15 is 0 Å². The number of nitrogens with one attached hydrogen (secondary N) is 2. The van der Waals surface area contributed by atoms with Crippen LogP contribution in [0.4, 0.5) is 5.82 Å². The summed E-state index contributed by atoms with van der Waals surface area (Å²) in [5.74, 6) is 1.32. The molecular weight excluding hydrogens is 252 g/mol. The molecule has 1 aliphatic heterocycles. The first-order chi connectivity index (χ1) is 9.70. The van der Waals surface area contributed by atoms with Crippen molar-refractivity contribution >= 4 is 11.7 Å². The van der Waals surface area contributed by atoms with E-state index in [2.05, 4.69) is 27.6 Å². The van der Waals surface area contributed by atoms with Gasteiger partial charge >= 0.3 is 0 Å². The maximum absolute atomic E-state index is 12.1. The van der Waals surface area contributed by atoms with Gasteiger partial charge in [-0.2, -0.15) is 0 Å². The van der Waals surface area contributed by atoms with Crippen LogP contribution in [-0.2, 0) is 0 Å². The molecule has 0 spiro atoms. The van der Waals surface area contributed by atoms with Crippen molar-refractivity contribution in [1.82, 2.24) is 15.2 Å². The average molecular weight is 276 g/mol. The molecule has 2 rings (SSSR count). The number of pyridine rings is 1. The maximum Gasteiger partial charge on any atom is 0.255 e. The second-order valence-electron chi connectivity index (χ2n) is 5.44. The summed E-state index contributed by atoms with van der Waals surface area (Å²) in [4.78, 5) is 18.6. The Hall–Kier alpha value is -1.62. The monoisotopic (exact) mass is 276 g/mol. The lowest BCUT2D eigenvalue weighted by Gasteiger charge is -2.28. The van der Waals surface area contributed by atoms with Gasteiger partial charge < -0.3 is 15.5 Å². The molecule has 1 aliphatic rings. The molecule has 2 heterocycles. The highest BCUT2D eigenvalue weighted by Gasteiger charge is 2.17. The third kappa shape index (κ3) is 3.93. The number of hydrogen-bond acceptors (Lipinski definition) is 4. The predicted molar refractivity (Wildman–Crippen MR) is 81.0 cm³/mol. The first-order valence-electron chi connectivity index (χ1n) is 7.30. The van der Waals surface area contributed by atoms with Crippen LogP contribution >= 0.6 is 0 Å². The fourth-order valence-electron chi connectivity index (χ4n) is 2.62. The molecule has 0 saturated carbocycles. The molecule has 5 heteroatoms. The van der Waals surface area contributed by atoms with E-state index in [0.717, 1.165) is 18.9 Å². The van der Waals surface area contributed by atoms with Crippen LogP contribution in [0.25, 0.3) is 0 Å². The van der Waals surface area contributed by atoms with Crippen LogP contribution in [0.15, 0.2) is 18.3 Å². The smallest absolute Gasteiger partial charge is 0.255 e. The molecule has 0 bridgehead atoms. The molecule has 1 amide bonds. The number of amides is 1. The predicted octanol–water partition coefficient (Wildman–Crippen LogP) is 1.58. The fraction of sp³-hybridized carbons (Fsp3) is 0.600. The molecule has 20 heavy (non-hydrogen) atoms. The topological polar surface area (TPSA) is 57.3 Å². The number of nitrogens with zero attached hydrogens (tertiary/aromatic N) is 2. The van der Waals surface area contributed by atoms with Crippen LogP contribution in [0.3, 0.4) is 0 Å². The SMILES string of the molecule is CNc1ncccc1C(=O)NCCC1CCN(C)CC1. The summed E-state index contributed by atoms with van der Waals surface area (Å²) in [5, 5.41) is 5.94. The molecule has 1 aromatic rings.